The van der Waals surface area contributed by atoms with E-state index in [9.17, 15) is 17.6 Å². The summed E-state index contributed by atoms with van der Waals surface area (Å²) in [5, 5.41) is 2.80. The Hall–Kier alpha value is -2.15. The average molecular weight is 314 g/mol. The maximum atomic E-state index is 13.7. The zero-order chi connectivity index (χ0) is 15.6. The van der Waals surface area contributed by atoms with Gasteiger partial charge in [-0.1, -0.05) is 18.3 Å². The first-order valence-corrected chi connectivity index (χ1v) is 6.22. The molecule has 0 saturated heterocycles. The molecule has 0 aliphatic carbocycles. The summed E-state index contributed by atoms with van der Waals surface area (Å²) in [6.07, 6.45) is -4.40. The molecule has 0 amide bonds. The Labute approximate surface area is 123 Å². The molecule has 0 aromatic heterocycles. The topological polar surface area (TPSA) is 38.0 Å². The largest absolute Gasteiger partial charge is 0.416 e. The molecular weight excluding hydrogens is 304 g/mol. The smallest absolute Gasteiger partial charge is 0.389 e. The van der Waals surface area contributed by atoms with Gasteiger partial charge in [-0.2, -0.15) is 13.2 Å². The van der Waals surface area contributed by atoms with Crippen molar-refractivity contribution in [3.05, 3.63) is 59.4 Å². The summed E-state index contributed by atoms with van der Waals surface area (Å²) in [5.74, 6) is -0.598. The number of nitrogens with two attached hydrogens (primary N) is 1. The van der Waals surface area contributed by atoms with Crippen LogP contribution in [-0.2, 0) is 6.18 Å². The van der Waals surface area contributed by atoms with Gasteiger partial charge in [-0.3, -0.25) is 0 Å². The molecule has 0 bridgehead atoms. The van der Waals surface area contributed by atoms with Crippen LogP contribution in [0.4, 0.5) is 28.9 Å². The van der Waals surface area contributed by atoms with Crippen molar-refractivity contribution in [3.63, 3.8) is 0 Å². The van der Waals surface area contributed by atoms with Gasteiger partial charge in [0.25, 0.3) is 0 Å². The lowest BCUT2D eigenvalue weighted by Crippen LogP contribution is -2.14. The van der Waals surface area contributed by atoms with Crippen LogP contribution in [0.3, 0.4) is 0 Å². The third-order valence-corrected chi connectivity index (χ3v) is 2.96. The van der Waals surface area contributed by atoms with Crippen LogP contribution in [0.1, 0.15) is 11.1 Å². The first-order valence-electron chi connectivity index (χ1n) is 5.81. The van der Waals surface area contributed by atoms with E-state index in [2.05, 4.69) is 5.32 Å². The molecule has 0 saturated carbocycles. The predicted molar refractivity (Wildman–Crippen MR) is 77.0 cm³/mol. The van der Waals surface area contributed by atoms with Gasteiger partial charge in [0.05, 0.1) is 16.8 Å². The van der Waals surface area contributed by atoms with Crippen LogP contribution in [0.5, 0.6) is 0 Å². The molecule has 0 fully saturated rings. The van der Waals surface area contributed by atoms with E-state index in [1.54, 1.807) is 0 Å². The van der Waals surface area contributed by atoms with Crippen LogP contribution in [0, 0.1) is 5.82 Å². The quantitative estimate of drug-likeness (QED) is 0.658. The first-order chi connectivity index (χ1) is 9.79. The van der Waals surface area contributed by atoms with Gasteiger partial charge in [-0.25, -0.2) is 4.39 Å². The van der Waals surface area contributed by atoms with E-state index in [-0.39, 0.29) is 10.6 Å². The van der Waals surface area contributed by atoms with Crippen molar-refractivity contribution in [2.75, 3.05) is 5.32 Å². The molecule has 0 aliphatic rings. The number of rotatable bonds is 3. The number of hydrogen-bond donors (Lipinski definition) is 2. The van der Waals surface area contributed by atoms with Crippen molar-refractivity contribution in [1.29, 1.82) is 0 Å². The molecule has 110 valence electrons. The normalized spacial score (nSPS) is 11.2. The molecule has 0 spiro atoms. The number of thiocarbonyl (C=S) groups is 1. The zero-order valence-corrected chi connectivity index (χ0v) is 11.4. The molecule has 2 rings (SSSR count). The third kappa shape index (κ3) is 3.49. The minimum Gasteiger partial charge on any atom is -0.389 e. The van der Waals surface area contributed by atoms with E-state index in [4.69, 9.17) is 18.0 Å². The van der Waals surface area contributed by atoms with Gasteiger partial charge in [-0.15, -0.1) is 0 Å². The number of hydrogen-bond acceptors (Lipinski definition) is 2. The Morgan fingerprint density at radius 1 is 1.05 bits per heavy atom. The van der Waals surface area contributed by atoms with E-state index < -0.39 is 17.6 Å². The second-order valence-electron chi connectivity index (χ2n) is 4.23. The number of benzene rings is 2. The van der Waals surface area contributed by atoms with E-state index in [0.29, 0.717) is 11.4 Å². The summed E-state index contributed by atoms with van der Waals surface area (Å²) in [5.41, 5.74) is 5.37. The summed E-state index contributed by atoms with van der Waals surface area (Å²) in [6, 6.07) is 8.55. The minimum atomic E-state index is -4.40. The van der Waals surface area contributed by atoms with Crippen LogP contribution < -0.4 is 11.1 Å². The summed E-state index contributed by atoms with van der Waals surface area (Å²) in [4.78, 5) is -0.137. The fraction of sp³-hybridized carbons (Fsp3) is 0.0714. The summed E-state index contributed by atoms with van der Waals surface area (Å²) in [6.45, 7) is 0. The van der Waals surface area contributed by atoms with Crippen LogP contribution in [0.25, 0.3) is 0 Å². The SMILES string of the molecule is NC(=S)c1c(F)cccc1Nc1ccc(C(F)(F)F)cc1. The van der Waals surface area contributed by atoms with Crippen molar-refractivity contribution >= 4 is 28.6 Å². The average Bonchev–Trinajstić information content (AvgIpc) is 2.38. The van der Waals surface area contributed by atoms with E-state index in [1.165, 1.54) is 30.3 Å². The molecule has 2 aromatic rings. The van der Waals surface area contributed by atoms with Crippen molar-refractivity contribution in [2.24, 2.45) is 5.73 Å². The fourth-order valence-corrected chi connectivity index (χ4v) is 1.98. The molecule has 7 heteroatoms. The lowest BCUT2D eigenvalue weighted by molar-refractivity contribution is -0.137. The maximum Gasteiger partial charge on any atom is 0.416 e. The monoisotopic (exact) mass is 314 g/mol. The van der Waals surface area contributed by atoms with E-state index in [0.717, 1.165) is 12.1 Å². The standard InChI is InChI=1S/C14H10F4N2S/c15-10-2-1-3-11(12(10)13(19)21)20-9-6-4-8(5-7-9)14(16,17)18/h1-7,20H,(H2,19,21). The summed E-state index contributed by atoms with van der Waals surface area (Å²) < 4.78 is 51.1. The Bertz CT molecular complexity index is 666. The molecule has 0 atom stereocenters. The van der Waals surface area contributed by atoms with Crippen molar-refractivity contribution < 1.29 is 17.6 Å². The van der Waals surface area contributed by atoms with Crippen LogP contribution in [0.2, 0.25) is 0 Å². The van der Waals surface area contributed by atoms with Crippen LogP contribution in [0.15, 0.2) is 42.5 Å². The van der Waals surface area contributed by atoms with Crippen molar-refractivity contribution in [2.45, 2.75) is 6.18 Å². The molecule has 0 radical (unpaired) electrons. The zero-order valence-electron chi connectivity index (χ0n) is 10.5. The fourth-order valence-electron chi connectivity index (χ4n) is 1.78. The lowest BCUT2D eigenvalue weighted by atomic mass is 10.1. The Balaban J connectivity index is 2.31. The van der Waals surface area contributed by atoms with Gasteiger partial charge in [-0.05, 0) is 36.4 Å². The Kier molecular flexibility index (Phi) is 4.13. The van der Waals surface area contributed by atoms with E-state index in [1.807, 2.05) is 0 Å². The number of anilines is 2. The molecule has 0 unspecified atom stereocenters. The van der Waals surface area contributed by atoms with Gasteiger partial charge in [0, 0.05) is 5.69 Å². The number of halogens is 4. The van der Waals surface area contributed by atoms with Crippen LogP contribution in [-0.4, -0.2) is 4.99 Å². The highest BCUT2D eigenvalue weighted by Crippen LogP contribution is 2.31. The second kappa shape index (κ2) is 5.69. The molecule has 2 aromatic carbocycles. The van der Waals surface area contributed by atoms with Gasteiger partial charge in [0.1, 0.15) is 10.8 Å². The van der Waals surface area contributed by atoms with Gasteiger partial charge < -0.3 is 11.1 Å². The third-order valence-electron chi connectivity index (χ3n) is 2.75. The predicted octanol–water partition coefficient (Wildman–Crippen LogP) is 4.22. The highest BCUT2D eigenvalue weighted by Gasteiger charge is 2.29. The van der Waals surface area contributed by atoms with Gasteiger partial charge in [0.15, 0.2) is 0 Å². The first kappa shape index (κ1) is 15.2. The molecule has 21 heavy (non-hydrogen) atoms. The highest BCUT2D eigenvalue weighted by molar-refractivity contribution is 7.80. The Morgan fingerprint density at radius 2 is 1.67 bits per heavy atom. The van der Waals surface area contributed by atoms with Crippen molar-refractivity contribution in [1.82, 2.24) is 0 Å². The van der Waals surface area contributed by atoms with Crippen molar-refractivity contribution in [3.8, 4) is 0 Å². The molecule has 3 N–H and O–H groups in total. The van der Waals surface area contributed by atoms with Gasteiger partial charge >= 0.3 is 6.18 Å². The molecule has 0 heterocycles. The number of alkyl halides is 3. The second-order valence-corrected chi connectivity index (χ2v) is 4.67. The summed E-state index contributed by atoms with van der Waals surface area (Å²) in [7, 11) is 0. The molecule has 2 nitrogen and oxygen atoms in total. The maximum absolute atomic E-state index is 13.7. The lowest BCUT2D eigenvalue weighted by Gasteiger charge is -2.13. The molecular formula is C14H10F4N2S. The minimum absolute atomic E-state index is 0.0207. The molecule has 0 aliphatic heterocycles. The number of nitrogens with one attached hydrogen (secondary N) is 1. The Morgan fingerprint density at radius 3 is 2.19 bits per heavy atom. The van der Waals surface area contributed by atoms with Gasteiger partial charge in [0.2, 0.25) is 0 Å². The van der Waals surface area contributed by atoms with Crippen LogP contribution >= 0.6 is 12.2 Å². The van der Waals surface area contributed by atoms with E-state index >= 15 is 0 Å². The highest BCUT2D eigenvalue weighted by atomic mass is 32.1. The summed E-state index contributed by atoms with van der Waals surface area (Å²) >= 11 is 4.77.